The topological polar surface area (TPSA) is 166 Å². The Hall–Kier alpha value is -3.63. The van der Waals surface area contributed by atoms with Gasteiger partial charge in [-0.2, -0.15) is 4.98 Å². The average Bonchev–Trinajstić information content (AvgIpc) is 3.75. The maximum Gasteiger partial charge on any atom is 0.256 e. The van der Waals surface area contributed by atoms with E-state index in [2.05, 4.69) is 25.7 Å². The summed E-state index contributed by atoms with van der Waals surface area (Å²) in [5.41, 5.74) is 13.7. The zero-order valence-electron chi connectivity index (χ0n) is 22.5. The van der Waals surface area contributed by atoms with Crippen molar-refractivity contribution in [2.75, 3.05) is 41.8 Å². The molecule has 0 unspecified atom stereocenters. The van der Waals surface area contributed by atoms with E-state index in [1.54, 1.807) is 21.8 Å². The molecule has 6 heterocycles. The summed E-state index contributed by atoms with van der Waals surface area (Å²) in [6.45, 7) is 2.84. The SMILES string of the molecule is NC(=O)c1c(Nc2ccc(-c3csc4c(=O)cc(N5CCOCC5)sc34)s2)nc(N[C@H]2CCCC[C@H]2N)n2cnnc12. The number of thiophene rings is 2. The number of anilines is 4. The van der Waals surface area contributed by atoms with Gasteiger partial charge in [0.05, 0.1) is 32.6 Å². The van der Waals surface area contributed by atoms with Gasteiger partial charge in [0.15, 0.2) is 16.9 Å². The van der Waals surface area contributed by atoms with E-state index in [1.165, 1.54) is 29.0 Å². The number of hydrogen-bond acceptors (Lipinski definition) is 13. The van der Waals surface area contributed by atoms with E-state index in [0.29, 0.717) is 24.8 Å². The van der Waals surface area contributed by atoms with Crippen LogP contribution in [-0.2, 0) is 4.74 Å². The summed E-state index contributed by atoms with van der Waals surface area (Å²) in [6, 6.07) is 5.72. The summed E-state index contributed by atoms with van der Waals surface area (Å²) in [6.07, 6.45) is 5.56. The van der Waals surface area contributed by atoms with Crippen LogP contribution in [0, 0.1) is 0 Å². The van der Waals surface area contributed by atoms with Gasteiger partial charge in [-0.3, -0.25) is 14.0 Å². The van der Waals surface area contributed by atoms with Crippen molar-refractivity contribution < 1.29 is 9.53 Å². The Balaban J connectivity index is 1.23. The van der Waals surface area contributed by atoms with Crippen LogP contribution in [0.1, 0.15) is 36.0 Å². The Labute approximate surface area is 252 Å². The van der Waals surface area contributed by atoms with Crippen LogP contribution in [0.3, 0.4) is 0 Å². The van der Waals surface area contributed by atoms with Gasteiger partial charge in [-0.25, -0.2) is 0 Å². The molecule has 5 aromatic heterocycles. The molecule has 2 fully saturated rings. The van der Waals surface area contributed by atoms with E-state index >= 15 is 0 Å². The molecule has 1 saturated heterocycles. The van der Waals surface area contributed by atoms with Crippen molar-refractivity contribution >= 4 is 76.7 Å². The largest absolute Gasteiger partial charge is 0.378 e. The number of aromatic nitrogens is 4. The number of fused-ring (bicyclic) bond motifs is 2. The van der Waals surface area contributed by atoms with Gasteiger partial charge in [0.1, 0.15) is 11.9 Å². The molecule has 0 aromatic carbocycles. The van der Waals surface area contributed by atoms with Crippen molar-refractivity contribution in [3.8, 4) is 10.4 Å². The molecule has 12 nitrogen and oxygen atoms in total. The van der Waals surface area contributed by atoms with Gasteiger partial charge in [0.2, 0.25) is 5.95 Å². The highest BCUT2D eigenvalue weighted by atomic mass is 32.1. The third-order valence-electron chi connectivity index (χ3n) is 7.70. The minimum absolute atomic E-state index is 0.000871. The third-order valence-corrected chi connectivity index (χ3v) is 11.1. The zero-order chi connectivity index (χ0) is 28.8. The van der Waals surface area contributed by atoms with Crippen molar-refractivity contribution in [2.45, 2.75) is 37.8 Å². The fraction of sp³-hybridized carbons (Fsp3) is 0.370. The highest BCUT2D eigenvalue weighted by Gasteiger charge is 2.26. The number of primary amides is 1. The Morgan fingerprint density at radius 1 is 1.12 bits per heavy atom. The molecule has 7 rings (SSSR count). The Morgan fingerprint density at radius 2 is 1.95 bits per heavy atom. The van der Waals surface area contributed by atoms with E-state index in [9.17, 15) is 9.59 Å². The number of carbonyl (C=O) groups is 1. The lowest BCUT2D eigenvalue weighted by molar-refractivity contribution is 0.100. The summed E-state index contributed by atoms with van der Waals surface area (Å²) in [5, 5.41) is 18.7. The smallest absolute Gasteiger partial charge is 0.256 e. The fourth-order valence-electron chi connectivity index (χ4n) is 5.51. The number of nitrogens with two attached hydrogens (primary N) is 2. The highest BCUT2D eigenvalue weighted by molar-refractivity contribution is 7.29. The van der Waals surface area contributed by atoms with Gasteiger partial charge in [0.25, 0.3) is 5.91 Å². The lowest BCUT2D eigenvalue weighted by Crippen LogP contribution is -2.43. The van der Waals surface area contributed by atoms with E-state index in [-0.39, 0.29) is 28.9 Å². The van der Waals surface area contributed by atoms with Gasteiger partial charge in [-0.1, -0.05) is 12.8 Å². The standard InChI is InChI=1S/C27H29N9O3S3/c28-15-3-1-2-4-16(15)31-27-33-25(21(24(29)38)26-34-30-13-36(26)27)32-19-6-5-18(41-19)14-12-40-23-17(37)11-20(42-22(14)23)35-7-9-39-10-8-35/h5-6,11-13,15-16,32H,1-4,7-10,28H2,(H2,29,38)(H,31,33)/t15-,16+/m1/s1. The van der Waals surface area contributed by atoms with Crippen LogP contribution in [0.5, 0.6) is 0 Å². The first-order valence-corrected chi connectivity index (χ1v) is 16.3. The molecular weight excluding hydrogens is 595 g/mol. The Morgan fingerprint density at radius 3 is 2.76 bits per heavy atom. The number of amides is 1. The Kier molecular flexibility index (Phi) is 7.27. The molecule has 1 amide bonds. The molecule has 218 valence electrons. The third kappa shape index (κ3) is 5.00. The number of ether oxygens (including phenoxy) is 1. The van der Waals surface area contributed by atoms with Crippen LogP contribution >= 0.6 is 34.0 Å². The first-order valence-electron chi connectivity index (χ1n) is 13.8. The van der Waals surface area contributed by atoms with Gasteiger partial charge in [-0.05, 0) is 25.0 Å². The molecule has 0 spiro atoms. The quantitative estimate of drug-likeness (QED) is 0.209. The number of nitrogens with one attached hydrogen (secondary N) is 2. The summed E-state index contributed by atoms with van der Waals surface area (Å²) in [5.74, 6) is 0.119. The predicted octanol–water partition coefficient (Wildman–Crippen LogP) is 3.85. The van der Waals surface area contributed by atoms with Gasteiger partial charge < -0.3 is 31.7 Å². The second-order valence-electron chi connectivity index (χ2n) is 10.4. The normalized spacial score (nSPS) is 19.4. The second kappa shape index (κ2) is 11.2. The van der Waals surface area contributed by atoms with E-state index < -0.39 is 5.91 Å². The minimum atomic E-state index is -0.662. The van der Waals surface area contributed by atoms with Crippen LogP contribution in [0.15, 0.2) is 34.7 Å². The summed E-state index contributed by atoms with van der Waals surface area (Å²) in [4.78, 5) is 33.6. The van der Waals surface area contributed by atoms with Gasteiger partial charge in [0, 0.05) is 47.1 Å². The molecule has 2 atom stereocenters. The maximum absolute atomic E-state index is 13.0. The first-order chi connectivity index (χ1) is 20.5. The van der Waals surface area contributed by atoms with Crippen LogP contribution in [-0.4, -0.2) is 63.9 Å². The molecule has 1 aliphatic heterocycles. The molecule has 42 heavy (non-hydrogen) atoms. The lowest BCUT2D eigenvalue weighted by atomic mass is 9.91. The fourth-order valence-corrected chi connectivity index (χ4v) is 8.95. The number of carbonyl (C=O) groups excluding carboxylic acids is 1. The maximum atomic E-state index is 13.0. The minimum Gasteiger partial charge on any atom is -0.378 e. The summed E-state index contributed by atoms with van der Waals surface area (Å²) in [7, 11) is 0. The summed E-state index contributed by atoms with van der Waals surface area (Å²) < 4.78 is 8.85. The number of morpholine rings is 1. The van der Waals surface area contributed by atoms with Crippen LogP contribution < -0.4 is 32.4 Å². The Bertz CT molecular complexity index is 1840. The predicted molar refractivity (Wildman–Crippen MR) is 169 cm³/mol. The molecule has 1 aliphatic carbocycles. The molecule has 15 heteroatoms. The van der Waals surface area contributed by atoms with E-state index in [4.69, 9.17) is 21.2 Å². The van der Waals surface area contributed by atoms with Crippen molar-refractivity contribution in [1.29, 1.82) is 0 Å². The average molecular weight is 624 g/mol. The number of rotatable bonds is 7. The first kappa shape index (κ1) is 27.2. The highest BCUT2D eigenvalue weighted by Crippen LogP contribution is 2.42. The molecular formula is C27H29N9O3S3. The molecule has 6 N–H and O–H groups in total. The van der Waals surface area contributed by atoms with Crippen LogP contribution in [0.25, 0.3) is 25.5 Å². The van der Waals surface area contributed by atoms with E-state index in [0.717, 1.165) is 68.6 Å². The lowest BCUT2D eigenvalue weighted by Gasteiger charge is -2.30. The van der Waals surface area contributed by atoms with Crippen molar-refractivity contribution in [3.05, 3.63) is 45.7 Å². The monoisotopic (exact) mass is 623 g/mol. The van der Waals surface area contributed by atoms with Gasteiger partial charge in [-0.15, -0.1) is 44.2 Å². The second-order valence-corrected chi connectivity index (χ2v) is 13.4. The molecule has 5 aromatic rings. The van der Waals surface area contributed by atoms with Crippen LogP contribution in [0.2, 0.25) is 0 Å². The zero-order valence-corrected chi connectivity index (χ0v) is 25.0. The molecule has 2 aliphatic rings. The van der Waals surface area contributed by atoms with Crippen LogP contribution in [0.4, 0.5) is 21.8 Å². The number of hydrogen-bond donors (Lipinski definition) is 4. The molecule has 0 bridgehead atoms. The number of nitrogens with zero attached hydrogens (tertiary/aromatic N) is 5. The molecule has 0 radical (unpaired) electrons. The van der Waals surface area contributed by atoms with Crippen molar-refractivity contribution in [2.24, 2.45) is 11.5 Å². The van der Waals surface area contributed by atoms with Gasteiger partial charge >= 0.3 is 0 Å². The molecule has 1 saturated carbocycles. The van der Waals surface area contributed by atoms with E-state index in [1.807, 2.05) is 17.5 Å². The van der Waals surface area contributed by atoms with Crippen molar-refractivity contribution in [1.82, 2.24) is 19.6 Å². The van der Waals surface area contributed by atoms with Crippen molar-refractivity contribution in [3.63, 3.8) is 0 Å². The summed E-state index contributed by atoms with van der Waals surface area (Å²) >= 11 is 4.60.